The molecule has 1 saturated heterocycles. The van der Waals surface area contributed by atoms with Crippen molar-refractivity contribution in [3.63, 3.8) is 0 Å². The Bertz CT molecular complexity index is 201. The molecule has 0 bridgehead atoms. The normalized spacial score (nSPS) is 20.2. The van der Waals surface area contributed by atoms with Crippen LogP contribution in [0, 0.1) is 0 Å². The van der Waals surface area contributed by atoms with E-state index in [9.17, 15) is 4.79 Å². The van der Waals surface area contributed by atoms with E-state index in [-0.39, 0.29) is 12.3 Å². The summed E-state index contributed by atoms with van der Waals surface area (Å²) in [5.41, 5.74) is 0. The number of ether oxygens (including phenoxy) is 4. The summed E-state index contributed by atoms with van der Waals surface area (Å²) in [4.78, 5) is 11.0. The van der Waals surface area contributed by atoms with Crippen LogP contribution in [0.1, 0.15) is 32.6 Å². The lowest BCUT2D eigenvalue weighted by atomic mass is 10.2. The lowest BCUT2D eigenvalue weighted by molar-refractivity contribution is -0.169. The van der Waals surface area contributed by atoms with Crippen molar-refractivity contribution in [3.8, 4) is 0 Å². The van der Waals surface area contributed by atoms with E-state index in [4.69, 9.17) is 18.9 Å². The maximum absolute atomic E-state index is 11.0. The fourth-order valence-corrected chi connectivity index (χ4v) is 1.57. The van der Waals surface area contributed by atoms with Gasteiger partial charge < -0.3 is 18.9 Å². The van der Waals surface area contributed by atoms with Crippen molar-refractivity contribution in [3.05, 3.63) is 0 Å². The summed E-state index contributed by atoms with van der Waals surface area (Å²) in [6.45, 7) is 4.37. The van der Waals surface area contributed by atoms with Crippen LogP contribution in [0.2, 0.25) is 0 Å². The molecule has 17 heavy (non-hydrogen) atoms. The van der Waals surface area contributed by atoms with Crippen LogP contribution >= 0.6 is 0 Å². The Balaban J connectivity index is 1.85. The zero-order valence-electron chi connectivity index (χ0n) is 10.5. The van der Waals surface area contributed by atoms with E-state index in [0.717, 1.165) is 25.9 Å². The van der Waals surface area contributed by atoms with Gasteiger partial charge in [-0.3, -0.25) is 4.79 Å². The summed E-state index contributed by atoms with van der Waals surface area (Å²) in [7, 11) is 0. The first kappa shape index (κ1) is 14.4. The van der Waals surface area contributed by atoms with Gasteiger partial charge in [0.2, 0.25) is 0 Å². The van der Waals surface area contributed by atoms with Crippen LogP contribution in [0.25, 0.3) is 0 Å². The molecule has 0 aromatic rings. The first-order valence-electron chi connectivity index (χ1n) is 6.29. The van der Waals surface area contributed by atoms with E-state index in [2.05, 4.69) is 0 Å². The van der Waals surface area contributed by atoms with Crippen LogP contribution in [-0.4, -0.2) is 45.3 Å². The highest BCUT2D eigenvalue weighted by Gasteiger charge is 2.13. The Morgan fingerprint density at radius 1 is 1.29 bits per heavy atom. The molecule has 1 aliphatic heterocycles. The molecule has 0 aliphatic carbocycles. The molecule has 0 spiro atoms. The molecule has 0 aromatic carbocycles. The second-order valence-corrected chi connectivity index (χ2v) is 3.83. The minimum absolute atomic E-state index is 0.0718. The Morgan fingerprint density at radius 3 is 2.88 bits per heavy atom. The maximum Gasteiger partial charge on any atom is 0.308 e. The number of carbonyl (C=O) groups is 1. The van der Waals surface area contributed by atoms with E-state index < -0.39 is 0 Å². The first-order valence-corrected chi connectivity index (χ1v) is 6.29. The standard InChI is InChI=1S/C12H22O5/c1-2-15-11(13)6-8-14-9-10-17-12-5-3-4-7-16-12/h12H,2-10H2,1H3. The van der Waals surface area contributed by atoms with Gasteiger partial charge in [-0.2, -0.15) is 0 Å². The van der Waals surface area contributed by atoms with Gasteiger partial charge in [0, 0.05) is 6.61 Å². The number of rotatable bonds is 8. The third-order valence-corrected chi connectivity index (χ3v) is 2.43. The van der Waals surface area contributed by atoms with Gasteiger partial charge in [0.25, 0.3) is 0 Å². The minimum atomic E-state index is -0.218. The minimum Gasteiger partial charge on any atom is -0.466 e. The SMILES string of the molecule is CCOC(=O)CCOCCOC1CCCCO1. The fourth-order valence-electron chi connectivity index (χ4n) is 1.57. The molecule has 1 heterocycles. The summed E-state index contributed by atoms with van der Waals surface area (Å²) >= 11 is 0. The molecule has 100 valence electrons. The lowest BCUT2D eigenvalue weighted by Gasteiger charge is -2.22. The molecule has 0 saturated carbocycles. The van der Waals surface area contributed by atoms with Gasteiger partial charge in [0.15, 0.2) is 6.29 Å². The Labute approximate surface area is 102 Å². The summed E-state index contributed by atoms with van der Waals surface area (Å²) < 4.78 is 20.9. The smallest absolute Gasteiger partial charge is 0.308 e. The van der Waals surface area contributed by atoms with Crippen LogP contribution in [0.4, 0.5) is 0 Å². The van der Waals surface area contributed by atoms with Crippen LogP contribution < -0.4 is 0 Å². The van der Waals surface area contributed by atoms with E-state index >= 15 is 0 Å². The van der Waals surface area contributed by atoms with E-state index in [1.807, 2.05) is 0 Å². The average Bonchev–Trinajstić information content (AvgIpc) is 2.35. The Morgan fingerprint density at radius 2 is 2.18 bits per heavy atom. The van der Waals surface area contributed by atoms with Crippen LogP contribution in [0.3, 0.4) is 0 Å². The highest BCUT2D eigenvalue weighted by Crippen LogP contribution is 2.13. The first-order chi connectivity index (χ1) is 8.33. The van der Waals surface area contributed by atoms with Gasteiger partial charge in [0.1, 0.15) is 0 Å². The van der Waals surface area contributed by atoms with Gasteiger partial charge in [-0.15, -0.1) is 0 Å². The quantitative estimate of drug-likeness (QED) is 0.480. The number of hydrogen-bond acceptors (Lipinski definition) is 5. The van der Waals surface area contributed by atoms with Crippen molar-refractivity contribution in [2.45, 2.75) is 38.9 Å². The predicted octanol–water partition coefficient (Wildman–Crippen LogP) is 1.50. The molecule has 1 fully saturated rings. The molecular weight excluding hydrogens is 224 g/mol. The predicted molar refractivity (Wildman–Crippen MR) is 61.6 cm³/mol. The van der Waals surface area contributed by atoms with E-state index in [1.165, 1.54) is 0 Å². The lowest BCUT2D eigenvalue weighted by Crippen LogP contribution is -2.24. The maximum atomic E-state index is 11.0. The number of esters is 1. The highest BCUT2D eigenvalue weighted by molar-refractivity contribution is 5.69. The molecule has 1 aliphatic rings. The van der Waals surface area contributed by atoms with Crippen LogP contribution in [0.5, 0.6) is 0 Å². The monoisotopic (exact) mass is 246 g/mol. The van der Waals surface area contributed by atoms with E-state index in [0.29, 0.717) is 32.8 Å². The number of hydrogen-bond donors (Lipinski definition) is 0. The molecule has 1 unspecified atom stereocenters. The van der Waals surface area contributed by atoms with Gasteiger partial charge in [-0.1, -0.05) is 0 Å². The largest absolute Gasteiger partial charge is 0.466 e. The van der Waals surface area contributed by atoms with Crippen LogP contribution in [-0.2, 0) is 23.7 Å². The Kier molecular flexibility index (Phi) is 7.96. The van der Waals surface area contributed by atoms with Gasteiger partial charge in [-0.25, -0.2) is 0 Å². The fraction of sp³-hybridized carbons (Fsp3) is 0.917. The van der Waals surface area contributed by atoms with Gasteiger partial charge in [-0.05, 0) is 26.2 Å². The van der Waals surface area contributed by atoms with Crippen molar-refractivity contribution >= 4 is 5.97 Å². The van der Waals surface area contributed by atoms with Crippen molar-refractivity contribution in [1.82, 2.24) is 0 Å². The zero-order valence-corrected chi connectivity index (χ0v) is 10.5. The topological polar surface area (TPSA) is 54.0 Å². The molecule has 0 aromatic heterocycles. The molecule has 1 rings (SSSR count). The molecular formula is C12H22O5. The third-order valence-electron chi connectivity index (χ3n) is 2.43. The van der Waals surface area contributed by atoms with Gasteiger partial charge in [0.05, 0.1) is 32.8 Å². The Hall–Kier alpha value is -0.650. The molecule has 0 radical (unpaired) electrons. The average molecular weight is 246 g/mol. The summed E-state index contributed by atoms with van der Waals surface area (Å²) in [5, 5.41) is 0. The second-order valence-electron chi connectivity index (χ2n) is 3.83. The van der Waals surface area contributed by atoms with Crippen molar-refractivity contribution in [1.29, 1.82) is 0 Å². The molecule has 5 nitrogen and oxygen atoms in total. The molecule has 5 heteroatoms. The van der Waals surface area contributed by atoms with Gasteiger partial charge >= 0.3 is 5.97 Å². The summed E-state index contributed by atoms with van der Waals surface area (Å²) in [6.07, 6.45) is 3.47. The number of carbonyl (C=O) groups excluding carboxylic acids is 1. The molecule has 0 N–H and O–H groups in total. The van der Waals surface area contributed by atoms with Crippen LogP contribution in [0.15, 0.2) is 0 Å². The molecule has 0 amide bonds. The van der Waals surface area contributed by atoms with Crippen molar-refractivity contribution in [2.75, 3.05) is 33.0 Å². The molecule has 1 atom stereocenters. The zero-order chi connectivity index (χ0) is 12.3. The second kappa shape index (κ2) is 9.39. The van der Waals surface area contributed by atoms with E-state index in [1.54, 1.807) is 6.92 Å². The van der Waals surface area contributed by atoms with Crippen molar-refractivity contribution < 1.29 is 23.7 Å². The summed E-state index contributed by atoms with van der Waals surface area (Å²) in [5.74, 6) is -0.218. The van der Waals surface area contributed by atoms with Crippen molar-refractivity contribution in [2.24, 2.45) is 0 Å². The summed E-state index contributed by atoms with van der Waals surface area (Å²) in [6, 6.07) is 0. The highest BCUT2D eigenvalue weighted by atomic mass is 16.7. The third kappa shape index (κ3) is 7.31.